The third-order valence-electron chi connectivity index (χ3n) is 8.17. The molecule has 1 atom stereocenters. The molecule has 1 aromatic carbocycles. The first-order chi connectivity index (χ1) is 17.2. The Hall–Kier alpha value is -3.22. The van der Waals surface area contributed by atoms with Crippen molar-refractivity contribution in [3.63, 3.8) is 0 Å². The molecule has 1 aliphatic carbocycles. The molecule has 2 aromatic rings. The van der Waals surface area contributed by atoms with Crippen LogP contribution in [0.15, 0.2) is 30.6 Å². The number of nitrogens with one attached hydrogen (secondary N) is 2. The number of fused-ring (bicyclic) bond motifs is 3. The molecular weight excluding hydrogens is 440 g/mol. The minimum atomic E-state index is -0.299. The Morgan fingerprint density at radius 1 is 1.00 bits per heavy atom. The molecule has 1 saturated carbocycles. The van der Waals surface area contributed by atoms with Crippen molar-refractivity contribution in [2.45, 2.75) is 56.5 Å². The van der Waals surface area contributed by atoms with Crippen LogP contribution in [-0.2, 0) is 10.3 Å². The Balaban J connectivity index is 1.27. The van der Waals surface area contributed by atoms with E-state index in [1.807, 2.05) is 6.20 Å². The third kappa shape index (κ3) is 3.91. The number of carbonyl (C=O) groups excluding carboxylic acids is 1. The van der Waals surface area contributed by atoms with Gasteiger partial charge in [-0.2, -0.15) is 5.26 Å². The van der Waals surface area contributed by atoms with Crippen LogP contribution in [0.25, 0.3) is 11.3 Å². The Morgan fingerprint density at radius 3 is 2.57 bits per heavy atom. The maximum Gasteiger partial charge on any atom is 0.247 e. The second-order valence-electron chi connectivity index (χ2n) is 10.2. The molecule has 35 heavy (non-hydrogen) atoms. The van der Waals surface area contributed by atoms with Crippen LogP contribution in [0.5, 0.6) is 0 Å². The highest BCUT2D eigenvalue weighted by atomic mass is 16.2. The van der Waals surface area contributed by atoms with Crippen LogP contribution in [0.4, 0.5) is 11.5 Å². The second kappa shape index (κ2) is 9.10. The number of nitrogens with zero attached hydrogens (tertiary/aromatic N) is 6. The van der Waals surface area contributed by atoms with E-state index in [4.69, 9.17) is 9.97 Å². The van der Waals surface area contributed by atoms with Gasteiger partial charge in [0.25, 0.3) is 0 Å². The number of anilines is 2. The summed E-state index contributed by atoms with van der Waals surface area (Å²) in [5.74, 6) is 0.581. The molecule has 1 spiro atoms. The fourth-order valence-electron chi connectivity index (χ4n) is 6.28. The number of hydrazine groups is 1. The van der Waals surface area contributed by atoms with Gasteiger partial charge in [0.15, 0.2) is 12.0 Å². The highest BCUT2D eigenvalue weighted by Gasteiger charge is 2.41. The minimum Gasteiger partial charge on any atom is -0.320 e. The molecular formula is C26H32N8O. The molecule has 4 heterocycles. The van der Waals surface area contributed by atoms with Gasteiger partial charge in [-0.15, -0.1) is 0 Å². The van der Waals surface area contributed by atoms with Crippen LogP contribution in [0.3, 0.4) is 0 Å². The predicted molar refractivity (Wildman–Crippen MR) is 133 cm³/mol. The first-order valence-electron chi connectivity index (χ1n) is 12.9. The molecule has 6 rings (SSSR count). The molecule has 4 aliphatic rings. The van der Waals surface area contributed by atoms with Crippen molar-refractivity contribution in [3.05, 3.63) is 36.2 Å². The largest absolute Gasteiger partial charge is 0.320 e. The highest BCUT2D eigenvalue weighted by molar-refractivity contribution is 5.97. The monoisotopic (exact) mass is 472 g/mol. The normalized spacial score (nSPS) is 24.2. The SMILES string of the molecule is N#CN1CCN2CCN(c3cnc(-c4cccc5c4C4(CCCCCCC4)NN5)cn3)C(=O)[C@H]2C1. The zero-order chi connectivity index (χ0) is 23.8. The van der Waals surface area contributed by atoms with Crippen LogP contribution < -0.4 is 15.8 Å². The quantitative estimate of drug-likeness (QED) is 0.644. The highest BCUT2D eigenvalue weighted by Crippen LogP contribution is 2.46. The third-order valence-corrected chi connectivity index (χ3v) is 8.17. The van der Waals surface area contributed by atoms with E-state index in [0.29, 0.717) is 25.5 Å². The van der Waals surface area contributed by atoms with Gasteiger partial charge in [0.2, 0.25) is 5.91 Å². The van der Waals surface area contributed by atoms with Gasteiger partial charge in [-0.3, -0.25) is 19.6 Å². The van der Waals surface area contributed by atoms with E-state index in [1.54, 1.807) is 16.0 Å². The summed E-state index contributed by atoms with van der Waals surface area (Å²) in [6.45, 7) is 3.24. The van der Waals surface area contributed by atoms with Crippen LogP contribution in [-0.4, -0.2) is 64.4 Å². The zero-order valence-electron chi connectivity index (χ0n) is 20.0. The molecule has 9 heteroatoms. The first-order valence-corrected chi connectivity index (χ1v) is 12.9. The van der Waals surface area contributed by atoms with Crippen molar-refractivity contribution < 1.29 is 4.79 Å². The summed E-state index contributed by atoms with van der Waals surface area (Å²) in [5.41, 5.74) is 11.4. The molecule has 1 amide bonds. The van der Waals surface area contributed by atoms with E-state index in [1.165, 1.54) is 37.7 Å². The number of hydrogen-bond donors (Lipinski definition) is 2. The van der Waals surface area contributed by atoms with Crippen LogP contribution in [0, 0.1) is 11.5 Å². The second-order valence-corrected chi connectivity index (χ2v) is 10.2. The maximum atomic E-state index is 13.3. The van der Waals surface area contributed by atoms with E-state index in [9.17, 15) is 10.1 Å². The summed E-state index contributed by atoms with van der Waals surface area (Å²) in [5, 5.41) is 9.28. The summed E-state index contributed by atoms with van der Waals surface area (Å²) >= 11 is 0. The molecule has 3 fully saturated rings. The lowest BCUT2D eigenvalue weighted by atomic mass is 9.77. The average Bonchev–Trinajstić information content (AvgIpc) is 3.26. The van der Waals surface area contributed by atoms with Gasteiger partial charge in [0, 0.05) is 37.3 Å². The van der Waals surface area contributed by atoms with Gasteiger partial charge in [0.05, 0.1) is 35.9 Å². The van der Waals surface area contributed by atoms with Gasteiger partial charge in [0.1, 0.15) is 6.04 Å². The van der Waals surface area contributed by atoms with Crippen molar-refractivity contribution in [2.75, 3.05) is 43.0 Å². The van der Waals surface area contributed by atoms with Gasteiger partial charge in [-0.25, -0.2) is 10.4 Å². The van der Waals surface area contributed by atoms with Gasteiger partial charge in [-0.1, -0.05) is 44.2 Å². The Bertz CT molecular complexity index is 1140. The van der Waals surface area contributed by atoms with E-state index in [2.05, 4.69) is 40.1 Å². The van der Waals surface area contributed by atoms with Crippen molar-refractivity contribution in [2.24, 2.45) is 0 Å². The summed E-state index contributed by atoms with van der Waals surface area (Å²) in [6.07, 6.45) is 14.3. The predicted octanol–water partition coefficient (Wildman–Crippen LogP) is 2.83. The lowest BCUT2D eigenvalue weighted by molar-refractivity contribution is -0.127. The summed E-state index contributed by atoms with van der Waals surface area (Å²) in [7, 11) is 0. The van der Waals surface area contributed by atoms with E-state index < -0.39 is 0 Å². The number of rotatable bonds is 2. The van der Waals surface area contributed by atoms with Gasteiger partial charge < -0.3 is 10.3 Å². The van der Waals surface area contributed by atoms with E-state index in [0.717, 1.165) is 42.9 Å². The topological polar surface area (TPSA) is 100 Å². The van der Waals surface area contributed by atoms with Crippen LogP contribution in [0.2, 0.25) is 0 Å². The van der Waals surface area contributed by atoms with Gasteiger partial charge >= 0.3 is 0 Å². The molecule has 0 bridgehead atoms. The number of nitriles is 1. The summed E-state index contributed by atoms with van der Waals surface area (Å²) < 4.78 is 0. The average molecular weight is 473 g/mol. The fraction of sp³-hybridized carbons (Fsp3) is 0.538. The molecule has 2 saturated heterocycles. The van der Waals surface area contributed by atoms with Crippen molar-refractivity contribution in [1.29, 1.82) is 5.26 Å². The Morgan fingerprint density at radius 2 is 1.80 bits per heavy atom. The molecule has 3 aliphatic heterocycles. The van der Waals surface area contributed by atoms with Crippen LogP contribution >= 0.6 is 0 Å². The number of amides is 1. The first kappa shape index (κ1) is 22.3. The van der Waals surface area contributed by atoms with Gasteiger partial charge in [-0.05, 0) is 18.9 Å². The summed E-state index contributed by atoms with van der Waals surface area (Å²) in [6, 6.07) is 6.04. The van der Waals surface area contributed by atoms with Crippen molar-refractivity contribution in [3.8, 4) is 17.5 Å². The lowest BCUT2D eigenvalue weighted by Crippen LogP contribution is -2.64. The molecule has 1 aromatic heterocycles. The molecule has 182 valence electrons. The number of aromatic nitrogens is 2. The molecule has 2 N–H and O–H groups in total. The number of carbonyl (C=O) groups is 1. The standard InChI is InChI=1S/C26H32N8O/c27-18-32-11-12-33-13-14-34(25(35)22(33)17-32)23-16-28-21(15-29-23)19-7-6-8-20-24(19)26(31-30-20)9-4-2-1-3-5-10-26/h6-8,15-16,22,30-31H,1-5,9-14,17H2/t22-/m1/s1. The van der Waals surface area contributed by atoms with Crippen LogP contribution in [0.1, 0.15) is 50.5 Å². The smallest absolute Gasteiger partial charge is 0.247 e. The number of hydrogen-bond acceptors (Lipinski definition) is 8. The van der Waals surface area contributed by atoms with Crippen molar-refractivity contribution in [1.82, 2.24) is 25.2 Å². The number of piperazine rings is 2. The molecule has 9 nitrogen and oxygen atoms in total. The zero-order valence-corrected chi connectivity index (χ0v) is 20.0. The van der Waals surface area contributed by atoms with E-state index >= 15 is 0 Å². The Kier molecular flexibility index (Phi) is 5.78. The van der Waals surface area contributed by atoms with E-state index in [-0.39, 0.29) is 17.5 Å². The fourth-order valence-corrected chi connectivity index (χ4v) is 6.28. The number of benzene rings is 1. The maximum absolute atomic E-state index is 13.3. The van der Waals surface area contributed by atoms with Crippen molar-refractivity contribution >= 4 is 17.4 Å². The minimum absolute atomic E-state index is 0.000673. The lowest BCUT2D eigenvalue weighted by Gasteiger charge is -2.44. The summed E-state index contributed by atoms with van der Waals surface area (Å²) in [4.78, 5) is 28.3. The molecule has 0 unspecified atom stereocenters. The molecule has 0 radical (unpaired) electrons. The Labute approximate surface area is 206 Å².